The van der Waals surface area contributed by atoms with E-state index in [2.05, 4.69) is 15.6 Å². The molecule has 3 aliphatic rings. The summed E-state index contributed by atoms with van der Waals surface area (Å²) in [5, 5.41) is 5.80. The average molecular weight is 592 g/mol. The molecule has 43 heavy (non-hydrogen) atoms. The third-order valence-electron chi connectivity index (χ3n) is 9.04. The van der Waals surface area contributed by atoms with E-state index in [1.165, 1.54) is 13.1 Å². The number of nitrogens with two attached hydrogens (primary N) is 1. The quantitative estimate of drug-likeness (QED) is 0.283. The highest BCUT2D eigenvalue weighted by atomic mass is 16.2. The predicted molar refractivity (Wildman–Crippen MR) is 165 cm³/mol. The first-order chi connectivity index (χ1) is 20.5. The van der Waals surface area contributed by atoms with Gasteiger partial charge in [0.05, 0.1) is 11.8 Å². The molecule has 2 unspecified atom stereocenters. The first kappa shape index (κ1) is 32.2. The summed E-state index contributed by atoms with van der Waals surface area (Å²) in [4.78, 5) is 74.3. The highest BCUT2D eigenvalue weighted by Crippen LogP contribution is 2.43. The number of benzene rings is 1. The van der Waals surface area contributed by atoms with Gasteiger partial charge in [0, 0.05) is 38.7 Å². The van der Waals surface area contributed by atoms with Crippen LogP contribution in [-0.4, -0.2) is 65.4 Å². The Morgan fingerprint density at radius 3 is 2.35 bits per heavy atom. The minimum Gasteiger partial charge on any atom is -0.370 e. The number of nitrogens with zero attached hydrogens (tertiary/aromatic N) is 2. The van der Waals surface area contributed by atoms with Crippen LogP contribution in [0.25, 0.3) is 0 Å². The van der Waals surface area contributed by atoms with Crippen molar-refractivity contribution in [3.05, 3.63) is 35.9 Å². The Hall–Kier alpha value is -3.69. The number of hydrogen-bond donors (Lipinski definition) is 3. The molecule has 1 aromatic carbocycles. The van der Waals surface area contributed by atoms with Crippen molar-refractivity contribution in [3.8, 4) is 0 Å². The molecule has 2 heterocycles. The Morgan fingerprint density at radius 2 is 1.72 bits per heavy atom. The number of nitrogens with one attached hydrogen (secondary N) is 2. The Balaban J connectivity index is 1.50. The molecule has 5 atom stereocenters. The number of primary amides is 1. The van der Waals surface area contributed by atoms with Gasteiger partial charge in [0.2, 0.25) is 17.7 Å². The molecule has 2 aliphatic heterocycles. The summed E-state index contributed by atoms with van der Waals surface area (Å²) in [6.07, 6.45) is 8.44. The summed E-state index contributed by atoms with van der Waals surface area (Å²) in [5.41, 5.74) is 3.83. The van der Waals surface area contributed by atoms with Crippen LogP contribution in [0.1, 0.15) is 77.7 Å². The van der Waals surface area contributed by atoms with Gasteiger partial charge in [0.1, 0.15) is 17.1 Å². The number of hydrogen-bond acceptors (Lipinski definition) is 7. The smallest absolute Gasteiger partial charge is 0.242 e. The van der Waals surface area contributed by atoms with Crippen molar-refractivity contribution in [1.29, 1.82) is 0 Å². The van der Waals surface area contributed by atoms with Crippen LogP contribution in [0, 0.1) is 23.7 Å². The van der Waals surface area contributed by atoms with Crippen molar-refractivity contribution < 1.29 is 24.0 Å². The van der Waals surface area contributed by atoms with Gasteiger partial charge in [-0.15, -0.1) is 0 Å². The first-order valence-corrected chi connectivity index (χ1v) is 15.5. The molecule has 0 aromatic heterocycles. The zero-order chi connectivity index (χ0) is 31.2. The Morgan fingerprint density at radius 1 is 1.02 bits per heavy atom. The zero-order valence-corrected chi connectivity index (χ0v) is 25.5. The zero-order valence-electron chi connectivity index (χ0n) is 25.5. The van der Waals surface area contributed by atoms with Crippen molar-refractivity contribution in [2.24, 2.45) is 39.4 Å². The molecule has 1 saturated carbocycles. The monoisotopic (exact) mass is 591 g/mol. The molecule has 3 amide bonds. The molecule has 0 bridgehead atoms. The van der Waals surface area contributed by atoms with Crippen LogP contribution in [0.5, 0.6) is 0 Å². The van der Waals surface area contributed by atoms with E-state index in [0.717, 1.165) is 31.2 Å². The van der Waals surface area contributed by atoms with Crippen LogP contribution in [0.2, 0.25) is 0 Å². The summed E-state index contributed by atoms with van der Waals surface area (Å²) in [6.45, 7) is 5.81. The molecule has 1 aromatic rings. The molecule has 1 fully saturated rings. The maximum Gasteiger partial charge on any atom is 0.242 e. The summed E-state index contributed by atoms with van der Waals surface area (Å²) in [5.74, 6) is -2.86. The number of carbonyl (C=O) groups excluding carboxylic acids is 5. The topological polar surface area (TPSA) is 160 Å². The highest BCUT2D eigenvalue weighted by molar-refractivity contribution is 6.17. The third kappa shape index (κ3) is 7.28. The minimum atomic E-state index is -1.40. The highest BCUT2D eigenvalue weighted by Gasteiger charge is 2.59. The van der Waals surface area contributed by atoms with E-state index in [0.29, 0.717) is 25.8 Å². The molecule has 0 saturated heterocycles. The number of Topliss-reactive ketones (excluding diaryl/α,β-unsaturated/α-hetero) is 2. The van der Waals surface area contributed by atoms with Gasteiger partial charge in [0.15, 0.2) is 11.6 Å². The predicted octanol–water partition coefficient (Wildman–Crippen LogP) is 2.76. The third-order valence-corrected chi connectivity index (χ3v) is 9.04. The fourth-order valence-corrected chi connectivity index (χ4v) is 7.13. The maximum absolute atomic E-state index is 14.4. The van der Waals surface area contributed by atoms with Gasteiger partial charge in [-0.05, 0) is 49.5 Å². The van der Waals surface area contributed by atoms with Gasteiger partial charge in [-0.25, -0.2) is 0 Å². The van der Waals surface area contributed by atoms with Crippen molar-refractivity contribution in [1.82, 2.24) is 10.6 Å². The number of aliphatic imine (C=N–C) groups is 2. The molecule has 4 N–H and O–H groups in total. The number of amides is 3. The maximum atomic E-state index is 14.4. The molecule has 0 radical (unpaired) electrons. The van der Waals surface area contributed by atoms with Gasteiger partial charge in [-0.2, -0.15) is 0 Å². The number of carbonyl (C=O) groups is 5. The SMILES string of the molecule is CC(=O)N[C@H](C(=O)NCCC[C@]1(CC(C)C)N=CC([C@]2(Cc3ccccc3)N=CC(CC(N)=O)C2=O)C1=O)C1CCCC1. The van der Waals surface area contributed by atoms with E-state index in [4.69, 9.17) is 10.7 Å². The fourth-order valence-electron chi connectivity index (χ4n) is 7.13. The Bertz CT molecular complexity index is 1270. The summed E-state index contributed by atoms with van der Waals surface area (Å²) in [6, 6.07) is 8.86. The first-order valence-electron chi connectivity index (χ1n) is 15.5. The van der Waals surface area contributed by atoms with Crippen molar-refractivity contribution in [2.75, 3.05) is 6.54 Å². The van der Waals surface area contributed by atoms with E-state index < -0.39 is 34.9 Å². The Kier molecular flexibility index (Phi) is 10.3. The van der Waals surface area contributed by atoms with Crippen molar-refractivity contribution in [2.45, 2.75) is 95.7 Å². The average Bonchev–Trinajstić information content (AvgIpc) is 3.66. The van der Waals surface area contributed by atoms with Gasteiger partial charge in [-0.3, -0.25) is 34.0 Å². The van der Waals surface area contributed by atoms with E-state index in [-0.39, 0.29) is 48.1 Å². The number of ketones is 2. The Labute approximate surface area is 253 Å². The van der Waals surface area contributed by atoms with Crippen LogP contribution in [0.15, 0.2) is 40.3 Å². The second-order valence-corrected chi connectivity index (χ2v) is 12.9. The van der Waals surface area contributed by atoms with Gasteiger partial charge in [-0.1, -0.05) is 57.0 Å². The van der Waals surface area contributed by atoms with Crippen LogP contribution in [-0.2, 0) is 30.4 Å². The lowest BCUT2D eigenvalue weighted by Crippen LogP contribution is -2.52. The molecule has 10 heteroatoms. The summed E-state index contributed by atoms with van der Waals surface area (Å²) < 4.78 is 0. The lowest BCUT2D eigenvalue weighted by Gasteiger charge is -2.34. The van der Waals surface area contributed by atoms with Crippen LogP contribution >= 0.6 is 0 Å². The molecular formula is C33H45N5O5. The van der Waals surface area contributed by atoms with Gasteiger partial charge >= 0.3 is 0 Å². The summed E-state index contributed by atoms with van der Waals surface area (Å²) in [7, 11) is 0. The second kappa shape index (κ2) is 13.7. The molecule has 1 aliphatic carbocycles. The lowest BCUT2D eigenvalue weighted by molar-refractivity contribution is -0.134. The minimum absolute atomic E-state index is 0.127. The van der Waals surface area contributed by atoms with Gasteiger partial charge in [0.25, 0.3) is 0 Å². The molecule has 0 spiro atoms. The normalized spacial score (nSPS) is 27.6. The number of rotatable bonds is 14. The standard InChI is InChI=1S/C33H45N5O5/c1-21(2)17-32(14-9-15-35-31(43)28(38-22(3)39)24-12-7-8-13-24)30(42)26(20-36-32)33(18-23-10-5-4-6-11-23)29(41)25(19-37-33)16-27(34)40/h4-6,10-11,19-21,24-26,28H,7-9,12-18H2,1-3H3,(H2,34,40)(H,35,43)(H,38,39)/t25?,26?,28-,32+,33-/m0/s1. The molecule has 232 valence electrons. The van der Waals surface area contributed by atoms with E-state index in [1.807, 2.05) is 44.2 Å². The van der Waals surface area contributed by atoms with Crippen LogP contribution in [0.4, 0.5) is 0 Å². The van der Waals surface area contributed by atoms with Crippen LogP contribution < -0.4 is 16.4 Å². The van der Waals surface area contributed by atoms with E-state index >= 15 is 0 Å². The molecular weight excluding hydrogens is 546 g/mol. The largest absolute Gasteiger partial charge is 0.370 e. The van der Waals surface area contributed by atoms with Crippen molar-refractivity contribution >= 4 is 41.7 Å². The van der Waals surface area contributed by atoms with E-state index in [9.17, 15) is 24.0 Å². The van der Waals surface area contributed by atoms with Crippen LogP contribution in [0.3, 0.4) is 0 Å². The second-order valence-electron chi connectivity index (χ2n) is 12.9. The summed E-state index contributed by atoms with van der Waals surface area (Å²) >= 11 is 0. The fraction of sp³-hybridized carbons (Fsp3) is 0.606. The lowest BCUT2D eigenvalue weighted by atomic mass is 9.69. The van der Waals surface area contributed by atoms with Gasteiger partial charge < -0.3 is 16.4 Å². The van der Waals surface area contributed by atoms with Crippen molar-refractivity contribution in [3.63, 3.8) is 0 Å². The molecule has 4 rings (SSSR count). The molecule has 10 nitrogen and oxygen atoms in total. The van der Waals surface area contributed by atoms with E-state index in [1.54, 1.807) is 6.21 Å².